The average molecular weight is 251 g/mol. The van der Waals surface area contributed by atoms with Crippen LogP contribution in [-0.4, -0.2) is 13.0 Å². The van der Waals surface area contributed by atoms with Gasteiger partial charge in [-0.2, -0.15) is 0 Å². The van der Waals surface area contributed by atoms with E-state index in [0.29, 0.717) is 5.75 Å². The number of aryl methyl sites for hydroxylation is 1. The molecule has 0 aliphatic rings. The molecule has 0 N–H and O–H groups in total. The second-order valence-corrected chi connectivity index (χ2v) is 3.58. The van der Waals surface area contributed by atoms with Crippen molar-refractivity contribution >= 4 is 15.9 Å². The van der Waals surface area contributed by atoms with Crippen LogP contribution in [0.3, 0.4) is 0 Å². The summed E-state index contributed by atoms with van der Waals surface area (Å²) in [4.78, 5) is 0. The molecule has 0 atom stereocenters. The Bertz CT molecular complexity index is 269. The van der Waals surface area contributed by atoms with Crippen LogP contribution < -0.4 is 4.74 Å². The second-order valence-electron chi connectivity index (χ2n) is 2.67. The van der Waals surface area contributed by atoms with Crippen molar-refractivity contribution in [2.45, 2.75) is 13.3 Å². The minimum absolute atomic E-state index is 0.465. The van der Waals surface area contributed by atoms with Crippen LogP contribution in [0.4, 0.5) is 8.78 Å². The normalized spacial score (nSPS) is 10.5. The highest BCUT2D eigenvalue weighted by Gasteiger charge is 2.04. The maximum Gasteiger partial charge on any atom is 0.272 e. The van der Waals surface area contributed by atoms with Gasteiger partial charge in [0, 0.05) is 4.47 Å². The smallest absolute Gasteiger partial charge is 0.272 e. The van der Waals surface area contributed by atoms with Gasteiger partial charge in [-0.1, -0.05) is 15.9 Å². The molecule has 4 heteroatoms. The minimum Gasteiger partial charge on any atom is -0.488 e. The van der Waals surface area contributed by atoms with Crippen LogP contribution in [0.15, 0.2) is 22.7 Å². The summed E-state index contributed by atoms with van der Waals surface area (Å²) in [5.41, 5.74) is 0.971. The molecule has 0 amide bonds. The highest BCUT2D eigenvalue weighted by atomic mass is 79.9. The Balaban J connectivity index is 2.66. The molecule has 1 aromatic carbocycles. The maximum atomic E-state index is 11.8. The van der Waals surface area contributed by atoms with Crippen LogP contribution in [0.2, 0.25) is 0 Å². The van der Waals surface area contributed by atoms with Crippen molar-refractivity contribution in [1.82, 2.24) is 0 Å². The van der Waals surface area contributed by atoms with Gasteiger partial charge in [0.2, 0.25) is 0 Å². The third kappa shape index (κ3) is 3.72. The highest BCUT2D eigenvalue weighted by molar-refractivity contribution is 9.10. The van der Waals surface area contributed by atoms with E-state index >= 15 is 0 Å². The van der Waals surface area contributed by atoms with Crippen LogP contribution in [0, 0.1) is 6.92 Å². The third-order valence-electron chi connectivity index (χ3n) is 1.39. The molecule has 72 valence electrons. The summed E-state index contributed by atoms with van der Waals surface area (Å²) in [6.07, 6.45) is -2.43. The summed E-state index contributed by atoms with van der Waals surface area (Å²) >= 11 is 3.25. The molecule has 0 saturated carbocycles. The van der Waals surface area contributed by atoms with Crippen LogP contribution in [-0.2, 0) is 0 Å². The summed E-state index contributed by atoms with van der Waals surface area (Å²) in [5, 5.41) is 0. The maximum absolute atomic E-state index is 11.8. The van der Waals surface area contributed by atoms with Crippen LogP contribution in [0.25, 0.3) is 0 Å². The predicted molar refractivity (Wildman–Crippen MR) is 50.4 cm³/mol. The van der Waals surface area contributed by atoms with Crippen LogP contribution >= 0.6 is 15.9 Å². The van der Waals surface area contributed by atoms with E-state index < -0.39 is 13.0 Å². The average Bonchev–Trinajstić information content (AvgIpc) is 1.99. The molecule has 0 radical (unpaired) electrons. The lowest BCUT2D eigenvalue weighted by atomic mass is 10.2. The predicted octanol–water partition coefficient (Wildman–Crippen LogP) is 3.40. The van der Waals surface area contributed by atoms with E-state index in [1.165, 1.54) is 0 Å². The fourth-order valence-corrected chi connectivity index (χ4v) is 1.53. The van der Waals surface area contributed by atoms with Crippen molar-refractivity contribution in [3.63, 3.8) is 0 Å². The molecular weight excluding hydrogens is 242 g/mol. The van der Waals surface area contributed by atoms with Gasteiger partial charge in [0.25, 0.3) is 6.43 Å². The van der Waals surface area contributed by atoms with Gasteiger partial charge in [0.15, 0.2) is 0 Å². The number of hydrogen-bond acceptors (Lipinski definition) is 1. The van der Waals surface area contributed by atoms with Gasteiger partial charge in [-0.05, 0) is 30.7 Å². The van der Waals surface area contributed by atoms with Gasteiger partial charge < -0.3 is 4.74 Å². The molecule has 0 unspecified atom stereocenters. The summed E-state index contributed by atoms with van der Waals surface area (Å²) in [5.74, 6) is 0.465. The van der Waals surface area contributed by atoms with Crippen molar-refractivity contribution in [2.75, 3.05) is 6.61 Å². The van der Waals surface area contributed by atoms with E-state index in [-0.39, 0.29) is 0 Å². The van der Waals surface area contributed by atoms with Gasteiger partial charge in [0.05, 0.1) is 0 Å². The molecule has 0 fully saturated rings. The van der Waals surface area contributed by atoms with Gasteiger partial charge >= 0.3 is 0 Å². The van der Waals surface area contributed by atoms with Crippen molar-refractivity contribution in [3.05, 3.63) is 28.2 Å². The number of rotatable bonds is 3. The second kappa shape index (κ2) is 4.56. The fourth-order valence-electron chi connectivity index (χ4n) is 0.945. The zero-order valence-electron chi connectivity index (χ0n) is 7.06. The Hall–Kier alpha value is -0.640. The molecule has 0 bridgehead atoms. The molecule has 0 aliphatic carbocycles. The molecule has 13 heavy (non-hydrogen) atoms. The summed E-state index contributed by atoms with van der Waals surface area (Å²) in [7, 11) is 0. The Kier molecular flexibility index (Phi) is 3.66. The van der Waals surface area contributed by atoms with E-state index in [9.17, 15) is 8.78 Å². The Labute approximate surface area is 83.8 Å². The molecular formula is C9H9BrF2O. The van der Waals surface area contributed by atoms with Gasteiger partial charge in [0.1, 0.15) is 12.4 Å². The topological polar surface area (TPSA) is 9.23 Å². The van der Waals surface area contributed by atoms with E-state index in [1.807, 2.05) is 13.0 Å². The molecule has 1 aromatic rings. The van der Waals surface area contributed by atoms with Crippen molar-refractivity contribution in [3.8, 4) is 5.75 Å². The highest BCUT2D eigenvalue weighted by Crippen LogP contribution is 2.21. The SMILES string of the molecule is Cc1cc(Br)cc(OCC(F)F)c1. The van der Waals surface area contributed by atoms with Crippen molar-refractivity contribution in [1.29, 1.82) is 0 Å². The molecule has 0 spiro atoms. The summed E-state index contributed by atoms with van der Waals surface area (Å²) < 4.78 is 29.2. The van der Waals surface area contributed by atoms with Crippen molar-refractivity contribution in [2.24, 2.45) is 0 Å². The monoisotopic (exact) mass is 250 g/mol. The summed E-state index contributed by atoms with van der Waals surface area (Å²) in [6, 6.07) is 5.26. The largest absolute Gasteiger partial charge is 0.488 e. The lowest BCUT2D eigenvalue weighted by Crippen LogP contribution is -2.06. The molecule has 1 rings (SSSR count). The molecule has 0 heterocycles. The van der Waals surface area contributed by atoms with E-state index in [0.717, 1.165) is 10.0 Å². The molecule has 0 aliphatic heterocycles. The number of halogens is 3. The van der Waals surface area contributed by atoms with E-state index in [4.69, 9.17) is 4.74 Å². The Morgan fingerprint density at radius 3 is 2.62 bits per heavy atom. The Morgan fingerprint density at radius 2 is 2.08 bits per heavy atom. The minimum atomic E-state index is -2.43. The van der Waals surface area contributed by atoms with E-state index in [2.05, 4.69) is 15.9 Å². The number of ether oxygens (including phenoxy) is 1. The molecule has 1 nitrogen and oxygen atoms in total. The lowest BCUT2D eigenvalue weighted by Gasteiger charge is -2.06. The Morgan fingerprint density at radius 1 is 1.38 bits per heavy atom. The van der Waals surface area contributed by atoms with Gasteiger partial charge in [-0.15, -0.1) is 0 Å². The van der Waals surface area contributed by atoms with Crippen molar-refractivity contribution < 1.29 is 13.5 Å². The molecule has 0 aromatic heterocycles. The number of benzene rings is 1. The number of alkyl halides is 2. The van der Waals surface area contributed by atoms with Crippen LogP contribution in [0.1, 0.15) is 5.56 Å². The first-order valence-electron chi connectivity index (χ1n) is 3.76. The lowest BCUT2D eigenvalue weighted by molar-refractivity contribution is 0.0818. The fraction of sp³-hybridized carbons (Fsp3) is 0.333. The first-order valence-corrected chi connectivity index (χ1v) is 4.55. The van der Waals surface area contributed by atoms with Gasteiger partial charge in [-0.25, -0.2) is 8.78 Å². The van der Waals surface area contributed by atoms with Gasteiger partial charge in [-0.3, -0.25) is 0 Å². The first-order chi connectivity index (χ1) is 6.08. The first kappa shape index (κ1) is 10.4. The van der Waals surface area contributed by atoms with Crippen LogP contribution in [0.5, 0.6) is 5.75 Å². The third-order valence-corrected chi connectivity index (χ3v) is 1.85. The molecule has 0 saturated heterocycles. The van der Waals surface area contributed by atoms with E-state index in [1.54, 1.807) is 12.1 Å². The quantitative estimate of drug-likeness (QED) is 0.799. The summed E-state index contributed by atoms with van der Waals surface area (Å²) in [6.45, 7) is 1.32. The zero-order chi connectivity index (χ0) is 9.84. The standard InChI is InChI=1S/C9H9BrF2O/c1-6-2-7(10)4-8(3-6)13-5-9(11)12/h2-4,9H,5H2,1H3. The zero-order valence-corrected chi connectivity index (χ0v) is 8.64. The number of hydrogen-bond donors (Lipinski definition) is 0.